The van der Waals surface area contributed by atoms with E-state index in [2.05, 4.69) is 10.3 Å². The molecule has 0 saturated heterocycles. The first-order valence-electron chi connectivity index (χ1n) is 4.59. The minimum atomic E-state index is -0.578. The smallest absolute Gasteiger partial charge is 0.250 e. The second-order valence-electron chi connectivity index (χ2n) is 3.04. The molecular weight excluding hydrogens is 214 g/mol. The highest BCUT2D eigenvalue weighted by Crippen LogP contribution is 2.10. The molecule has 1 aromatic heterocycles. The van der Waals surface area contributed by atoms with Crippen LogP contribution < -0.4 is 11.1 Å². The summed E-state index contributed by atoms with van der Waals surface area (Å²) < 4.78 is 4.90. The van der Waals surface area contributed by atoms with Crippen molar-refractivity contribution in [3.63, 3.8) is 0 Å². The maximum Gasteiger partial charge on any atom is 0.250 e. The van der Waals surface area contributed by atoms with E-state index in [1.807, 2.05) is 6.92 Å². The predicted octanol–water partition coefficient (Wildman–Crippen LogP) is 0.0414. The van der Waals surface area contributed by atoms with Gasteiger partial charge in [-0.3, -0.25) is 4.79 Å². The van der Waals surface area contributed by atoms with E-state index in [4.69, 9.17) is 10.5 Å². The van der Waals surface area contributed by atoms with Crippen LogP contribution in [0.5, 0.6) is 0 Å². The number of amides is 1. The van der Waals surface area contributed by atoms with Crippen LogP contribution >= 0.6 is 11.3 Å². The van der Waals surface area contributed by atoms with E-state index in [1.165, 1.54) is 7.11 Å². The Morgan fingerprint density at radius 3 is 3.00 bits per heavy atom. The lowest BCUT2D eigenvalue weighted by atomic mass is 10.3. The third-order valence-corrected chi connectivity index (χ3v) is 2.79. The molecule has 6 heteroatoms. The standard InChI is InChI=1S/C9H15N3O2S/c1-6-4-11-8(15-6)5-12-9(13)7(3-10)14-2/h4,7H,3,5,10H2,1-2H3,(H,12,13). The topological polar surface area (TPSA) is 77.2 Å². The van der Waals surface area contributed by atoms with Crippen LogP contribution in [0.4, 0.5) is 0 Å². The van der Waals surface area contributed by atoms with Gasteiger partial charge in [0.05, 0.1) is 6.54 Å². The Hall–Kier alpha value is -0.980. The quantitative estimate of drug-likeness (QED) is 0.747. The highest BCUT2D eigenvalue weighted by Gasteiger charge is 2.15. The summed E-state index contributed by atoms with van der Waals surface area (Å²) >= 11 is 1.56. The molecule has 0 aliphatic rings. The number of hydrogen-bond donors (Lipinski definition) is 2. The zero-order chi connectivity index (χ0) is 11.3. The molecule has 1 unspecified atom stereocenters. The molecule has 0 saturated carbocycles. The molecule has 0 aromatic carbocycles. The summed E-state index contributed by atoms with van der Waals surface area (Å²) in [7, 11) is 1.46. The SMILES string of the molecule is COC(CN)C(=O)NCc1ncc(C)s1. The van der Waals surface area contributed by atoms with E-state index >= 15 is 0 Å². The number of carbonyl (C=O) groups excluding carboxylic acids is 1. The summed E-state index contributed by atoms with van der Waals surface area (Å²) in [5, 5.41) is 3.60. The molecule has 84 valence electrons. The van der Waals surface area contributed by atoms with Gasteiger partial charge in [-0.15, -0.1) is 11.3 Å². The van der Waals surface area contributed by atoms with E-state index in [0.717, 1.165) is 9.88 Å². The first kappa shape index (κ1) is 12.1. The fourth-order valence-electron chi connectivity index (χ4n) is 1.07. The van der Waals surface area contributed by atoms with Crippen molar-refractivity contribution in [2.24, 2.45) is 5.73 Å². The Morgan fingerprint density at radius 2 is 2.53 bits per heavy atom. The van der Waals surface area contributed by atoms with Crippen molar-refractivity contribution in [1.82, 2.24) is 10.3 Å². The van der Waals surface area contributed by atoms with Gasteiger partial charge in [-0.25, -0.2) is 4.98 Å². The average molecular weight is 229 g/mol. The molecule has 0 radical (unpaired) electrons. The van der Waals surface area contributed by atoms with E-state index in [1.54, 1.807) is 17.5 Å². The van der Waals surface area contributed by atoms with Crippen LogP contribution in [-0.4, -0.2) is 30.6 Å². The van der Waals surface area contributed by atoms with Crippen LogP contribution in [0.15, 0.2) is 6.20 Å². The predicted molar refractivity (Wildman–Crippen MR) is 58.5 cm³/mol. The Morgan fingerprint density at radius 1 is 1.80 bits per heavy atom. The van der Waals surface area contributed by atoms with Gasteiger partial charge in [0.25, 0.3) is 5.91 Å². The second-order valence-corrected chi connectivity index (χ2v) is 4.36. The minimum absolute atomic E-state index is 0.180. The number of nitrogens with one attached hydrogen (secondary N) is 1. The summed E-state index contributed by atoms with van der Waals surface area (Å²) in [5.74, 6) is -0.201. The largest absolute Gasteiger partial charge is 0.370 e. The molecule has 1 rings (SSSR count). The number of rotatable bonds is 5. The van der Waals surface area contributed by atoms with Gasteiger partial charge < -0.3 is 15.8 Å². The van der Waals surface area contributed by atoms with Gasteiger partial charge in [-0.1, -0.05) is 0 Å². The molecule has 1 atom stereocenters. The first-order chi connectivity index (χ1) is 7.17. The summed E-state index contributed by atoms with van der Waals surface area (Å²) in [6.45, 7) is 2.58. The fraction of sp³-hybridized carbons (Fsp3) is 0.556. The maximum atomic E-state index is 11.4. The van der Waals surface area contributed by atoms with Gasteiger partial charge in [0.15, 0.2) is 0 Å². The zero-order valence-corrected chi connectivity index (χ0v) is 9.63. The van der Waals surface area contributed by atoms with Gasteiger partial charge in [0, 0.05) is 24.7 Å². The van der Waals surface area contributed by atoms with Gasteiger partial charge in [0.1, 0.15) is 11.1 Å². The van der Waals surface area contributed by atoms with Crippen molar-refractivity contribution < 1.29 is 9.53 Å². The Bertz CT molecular complexity index is 323. The number of thiazole rings is 1. The monoisotopic (exact) mass is 229 g/mol. The molecule has 15 heavy (non-hydrogen) atoms. The minimum Gasteiger partial charge on any atom is -0.370 e. The van der Waals surface area contributed by atoms with Crippen molar-refractivity contribution in [3.8, 4) is 0 Å². The van der Waals surface area contributed by atoms with Crippen molar-refractivity contribution in [1.29, 1.82) is 0 Å². The number of nitrogens with zero attached hydrogens (tertiary/aromatic N) is 1. The number of methoxy groups -OCH3 is 1. The molecule has 0 fully saturated rings. The lowest BCUT2D eigenvalue weighted by Crippen LogP contribution is -2.40. The summed E-state index contributed by atoms with van der Waals surface area (Å²) in [6.07, 6.45) is 1.20. The Labute approximate surface area is 92.6 Å². The average Bonchev–Trinajstić information content (AvgIpc) is 2.63. The van der Waals surface area contributed by atoms with Gasteiger partial charge in [-0.05, 0) is 6.92 Å². The second kappa shape index (κ2) is 5.79. The Balaban J connectivity index is 2.40. The van der Waals surface area contributed by atoms with Crippen LogP contribution in [0.2, 0.25) is 0 Å². The maximum absolute atomic E-state index is 11.4. The van der Waals surface area contributed by atoms with Crippen LogP contribution in [0, 0.1) is 6.92 Å². The number of hydrogen-bond acceptors (Lipinski definition) is 5. The number of aromatic nitrogens is 1. The molecule has 0 aliphatic heterocycles. The van der Waals surface area contributed by atoms with Crippen LogP contribution in [-0.2, 0) is 16.1 Å². The molecule has 1 aromatic rings. The third kappa shape index (κ3) is 3.58. The van der Waals surface area contributed by atoms with Crippen molar-refractivity contribution in [2.45, 2.75) is 19.6 Å². The molecule has 0 bridgehead atoms. The highest BCUT2D eigenvalue weighted by molar-refractivity contribution is 7.11. The zero-order valence-electron chi connectivity index (χ0n) is 8.82. The summed E-state index contributed by atoms with van der Waals surface area (Å²) in [5.41, 5.74) is 5.36. The molecule has 3 N–H and O–H groups in total. The highest BCUT2D eigenvalue weighted by atomic mass is 32.1. The number of carbonyl (C=O) groups is 1. The van der Waals surface area contributed by atoms with Crippen LogP contribution in [0.1, 0.15) is 9.88 Å². The van der Waals surface area contributed by atoms with Crippen LogP contribution in [0.3, 0.4) is 0 Å². The first-order valence-corrected chi connectivity index (χ1v) is 5.41. The van der Waals surface area contributed by atoms with Crippen molar-refractivity contribution in [2.75, 3.05) is 13.7 Å². The molecule has 0 spiro atoms. The van der Waals surface area contributed by atoms with Gasteiger partial charge in [-0.2, -0.15) is 0 Å². The van der Waals surface area contributed by atoms with E-state index in [0.29, 0.717) is 6.54 Å². The third-order valence-electron chi connectivity index (χ3n) is 1.87. The van der Waals surface area contributed by atoms with E-state index in [-0.39, 0.29) is 12.5 Å². The van der Waals surface area contributed by atoms with E-state index < -0.39 is 6.10 Å². The van der Waals surface area contributed by atoms with Gasteiger partial charge >= 0.3 is 0 Å². The molecule has 5 nitrogen and oxygen atoms in total. The molecule has 1 amide bonds. The lowest BCUT2D eigenvalue weighted by molar-refractivity contribution is -0.130. The summed E-state index contributed by atoms with van der Waals surface area (Å²) in [4.78, 5) is 16.7. The van der Waals surface area contributed by atoms with Crippen molar-refractivity contribution >= 4 is 17.2 Å². The number of nitrogens with two attached hydrogens (primary N) is 1. The molecule has 0 aliphatic carbocycles. The van der Waals surface area contributed by atoms with Gasteiger partial charge in [0.2, 0.25) is 0 Å². The number of aryl methyl sites for hydroxylation is 1. The normalized spacial score (nSPS) is 12.5. The van der Waals surface area contributed by atoms with E-state index in [9.17, 15) is 4.79 Å². The van der Waals surface area contributed by atoms with Crippen molar-refractivity contribution in [3.05, 3.63) is 16.1 Å². The van der Waals surface area contributed by atoms with Crippen LogP contribution in [0.25, 0.3) is 0 Å². The summed E-state index contributed by atoms with van der Waals surface area (Å²) in [6, 6.07) is 0. The Kier molecular flexibility index (Phi) is 4.67. The molecular formula is C9H15N3O2S. The molecule has 1 heterocycles. The number of ether oxygens (including phenoxy) is 1. The lowest BCUT2D eigenvalue weighted by Gasteiger charge is -2.11. The fourth-order valence-corrected chi connectivity index (χ4v) is 1.80.